The van der Waals surface area contributed by atoms with E-state index in [9.17, 15) is 0 Å². The van der Waals surface area contributed by atoms with Crippen molar-refractivity contribution in [1.29, 1.82) is 0 Å². The van der Waals surface area contributed by atoms with Crippen molar-refractivity contribution in [3.8, 4) is 0 Å². The zero-order valence-corrected chi connectivity index (χ0v) is 12.4. The van der Waals surface area contributed by atoms with Crippen LogP contribution in [0.2, 0.25) is 5.02 Å². The van der Waals surface area contributed by atoms with E-state index in [-0.39, 0.29) is 6.04 Å². The summed E-state index contributed by atoms with van der Waals surface area (Å²) in [4.78, 5) is 3.07. The SMILES string of the molecule is [N-]=[N+]=NC1c2ccccc2CCC1Cc1ccc(Cl)cc1. The van der Waals surface area contributed by atoms with Crippen LogP contribution in [0.25, 0.3) is 10.4 Å². The second kappa shape index (κ2) is 6.21. The van der Waals surface area contributed by atoms with Crippen molar-refractivity contribution in [2.75, 3.05) is 0 Å². The zero-order chi connectivity index (χ0) is 14.7. The highest BCUT2D eigenvalue weighted by Crippen LogP contribution is 2.39. The first-order valence-corrected chi connectivity index (χ1v) is 7.52. The topological polar surface area (TPSA) is 48.8 Å². The lowest BCUT2D eigenvalue weighted by Crippen LogP contribution is -2.21. The fourth-order valence-corrected chi connectivity index (χ4v) is 3.28. The molecule has 0 fully saturated rings. The maximum Gasteiger partial charge on any atom is 0.0659 e. The van der Waals surface area contributed by atoms with E-state index in [0.29, 0.717) is 5.92 Å². The van der Waals surface area contributed by atoms with Crippen LogP contribution in [-0.2, 0) is 12.8 Å². The molecule has 21 heavy (non-hydrogen) atoms. The monoisotopic (exact) mass is 297 g/mol. The summed E-state index contributed by atoms with van der Waals surface area (Å²) in [6, 6.07) is 16.1. The Balaban J connectivity index is 1.88. The van der Waals surface area contributed by atoms with E-state index in [1.54, 1.807) is 0 Å². The van der Waals surface area contributed by atoms with Gasteiger partial charge in [0, 0.05) is 9.93 Å². The van der Waals surface area contributed by atoms with E-state index in [0.717, 1.165) is 24.3 Å². The van der Waals surface area contributed by atoms with Gasteiger partial charge in [-0.2, -0.15) is 0 Å². The molecule has 2 atom stereocenters. The number of aryl methyl sites for hydroxylation is 1. The molecule has 2 aromatic carbocycles. The van der Waals surface area contributed by atoms with Crippen molar-refractivity contribution in [3.63, 3.8) is 0 Å². The van der Waals surface area contributed by atoms with Crippen LogP contribution in [0.1, 0.15) is 29.2 Å². The van der Waals surface area contributed by atoms with Gasteiger partial charge in [0.05, 0.1) is 6.04 Å². The number of hydrogen-bond donors (Lipinski definition) is 0. The zero-order valence-electron chi connectivity index (χ0n) is 11.6. The van der Waals surface area contributed by atoms with E-state index in [1.165, 1.54) is 16.7 Å². The van der Waals surface area contributed by atoms with Crippen LogP contribution in [0, 0.1) is 5.92 Å². The fraction of sp³-hybridized carbons (Fsp3) is 0.294. The molecule has 3 nitrogen and oxygen atoms in total. The first kappa shape index (κ1) is 14.0. The number of azide groups is 1. The second-order valence-electron chi connectivity index (χ2n) is 5.48. The van der Waals surface area contributed by atoms with Crippen LogP contribution in [0.3, 0.4) is 0 Å². The number of halogens is 1. The lowest BCUT2D eigenvalue weighted by atomic mass is 9.77. The van der Waals surface area contributed by atoms with Gasteiger partial charge in [0.15, 0.2) is 0 Å². The summed E-state index contributed by atoms with van der Waals surface area (Å²) in [6.07, 6.45) is 3.00. The van der Waals surface area contributed by atoms with Crippen molar-refractivity contribution in [2.45, 2.75) is 25.3 Å². The number of nitrogens with zero attached hydrogens (tertiary/aromatic N) is 3. The van der Waals surface area contributed by atoms with Crippen LogP contribution in [0.15, 0.2) is 53.6 Å². The largest absolute Gasteiger partial charge is 0.0856 e. The van der Waals surface area contributed by atoms with Gasteiger partial charge in [-0.05, 0) is 59.5 Å². The minimum Gasteiger partial charge on any atom is -0.0856 e. The highest BCUT2D eigenvalue weighted by molar-refractivity contribution is 6.30. The molecule has 0 spiro atoms. The Bertz CT molecular complexity index is 675. The average Bonchev–Trinajstić information content (AvgIpc) is 2.52. The van der Waals surface area contributed by atoms with Gasteiger partial charge in [-0.1, -0.05) is 53.1 Å². The van der Waals surface area contributed by atoms with Gasteiger partial charge < -0.3 is 0 Å². The first-order valence-electron chi connectivity index (χ1n) is 7.14. The Hall–Kier alpha value is -1.96. The van der Waals surface area contributed by atoms with E-state index < -0.39 is 0 Å². The van der Waals surface area contributed by atoms with Gasteiger partial charge in [0.1, 0.15) is 0 Å². The maximum atomic E-state index is 8.91. The van der Waals surface area contributed by atoms with Gasteiger partial charge in [-0.25, -0.2) is 0 Å². The Labute approximate surface area is 129 Å². The first-order chi connectivity index (χ1) is 10.3. The molecule has 106 valence electrons. The second-order valence-corrected chi connectivity index (χ2v) is 5.91. The summed E-state index contributed by atoms with van der Waals surface area (Å²) in [6.45, 7) is 0. The molecule has 2 unspecified atom stereocenters. The molecule has 0 aromatic heterocycles. The highest BCUT2D eigenvalue weighted by Gasteiger charge is 2.28. The molecule has 2 aromatic rings. The van der Waals surface area contributed by atoms with Gasteiger partial charge in [0.2, 0.25) is 0 Å². The predicted octanol–water partition coefficient (Wildman–Crippen LogP) is 5.50. The molecule has 0 heterocycles. The van der Waals surface area contributed by atoms with Crippen molar-refractivity contribution >= 4 is 11.6 Å². The number of fused-ring (bicyclic) bond motifs is 1. The third-order valence-electron chi connectivity index (χ3n) is 4.19. The minimum atomic E-state index is -0.0735. The molecule has 0 radical (unpaired) electrons. The lowest BCUT2D eigenvalue weighted by Gasteiger charge is -2.30. The van der Waals surface area contributed by atoms with E-state index in [4.69, 9.17) is 17.1 Å². The number of benzene rings is 2. The smallest absolute Gasteiger partial charge is 0.0659 e. The molecule has 0 N–H and O–H groups in total. The average molecular weight is 298 g/mol. The van der Waals surface area contributed by atoms with Crippen LogP contribution >= 0.6 is 11.6 Å². The summed E-state index contributed by atoms with van der Waals surface area (Å²) in [5, 5.41) is 4.82. The molecule has 0 saturated carbocycles. The van der Waals surface area contributed by atoms with Gasteiger partial charge in [0.25, 0.3) is 0 Å². The highest BCUT2D eigenvalue weighted by atomic mass is 35.5. The van der Waals surface area contributed by atoms with Crippen molar-refractivity contribution in [2.24, 2.45) is 11.0 Å². The molecule has 1 aliphatic rings. The van der Waals surface area contributed by atoms with Crippen molar-refractivity contribution in [3.05, 3.63) is 80.7 Å². The quantitative estimate of drug-likeness (QED) is 0.408. The lowest BCUT2D eigenvalue weighted by molar-refractivity contribution is 0.376. The van der Waals surface area contributed by atoms with Crippen LogP contribution in [0.5, 0.6) is 0 Å². The Kier molecular flexibility index (Phi) is 4.14. The van der Waals surface area contributed by atoms with Gasteiger partial charge in [-0.15, -0.1) is 0 Å². The Morgan fingerprint density at radius 3 is 2.67 bits per heavy atom. The molecule has 3 rings (SSSR count). The summed E-state index contributed by atoms with van der Waals surface area (Å²) >= 11 is 5.93. The van der Waals surface area contributed by atoms with Crippen molar-refractivity contribution in [1.82, 2.24) is 0 Å². The summed E-state index contributed by atoms with van der Waals surface area (Å²) in [7, 11) is 0. The molecule has 0 aliphatic heterocycles. The third kappa shape index (κ3) is 3.05. The molecule has 0 amide bonds. The number of rotatable bonds is 3. The fourth-order valence-electron chi connectivity index (χ4n) is 3.15. The van der Waals surface area contributed by atoms with E-state index in [2.05, 4.69) is 34.3 Å². The Morgan fingerprint density at radius 2 is 1.90 bits per heavy atom. The van der Waals surface area contributed by atoms with Gasteiger partial charge >= 0.3 is 0 Å². The summed E-state index contributed by atoms with van der Waals surface area (Å²) < 4.78 is 0. The third-order valence-corrected chi connectivity index (χ3v) is 4.44. The van der Waals surface area contributed by atoms with Crippen LogP contribution < -0.4 is 0 Å². The summed E-state index contributed by atoms with van der Waals surface area (Å²) in [5.74, 6) is 0.344. The van der Waals surface area contributed by atoms with E-state index in [1.807, 2.05) is 24.3 Å². The van der Waals surface area contributed by atoms with Crippen molar-refractivity contribution < 1.29 is 0 Å². The molecule has 4 heteroatoms. The predicted molar refractivity (Wildman–Crippen MR) is 85.3 cm³/mol. The number of hydrogen-bond acceptors (Lipinski definition) is 1. The molecule has 0 saturated heterocycles. The summed E-state index contributed by atoms with van der Waals surface area (Å²) in [5.41, 5.74) is 12.6. The van der Waals surface area contributed by atoms with Crippen LogP contribution in [-0.4, -0.2) is 0 Å². The minimum absolute atomic E-state index is 0.0735. The van der Waals surface area contributed by atoms with Gasteiger partial charge in [-0.3, -0.25) is 0 Å². The normalized spacial score (nSPS) is 20.4. The van der Waals surface area contributed by atoms with Crippen LogP contribution in [0.4, 0.5) is 0 Å². The standard InChI is InChI=1S/C17H16ClN3/c18-15-9-5-12(6-10-15)11-14-8-7-13-3-1-2-4-16(13)17(14)20-21-19/h1-6,9-10,14,17H,7-8,11H2. The molecule has 1 aliphatic carbocycles. The molecule has 0 bridgehead atoms. The Morgan fingerprint density at radius 1 is 1.14 bits per heavy atom. The molecular weight excluding hydrogens is 282 g/mol. The molecular formula is C17H16ClN3. The van der Waals surface area contributed by atoms with E-state index >= 15 is 0 Å². The maximum absolute atomic E-state index is 8.91.